The maximum atomic E-state index is 11.9. The van der Waals surface area contributed by atoms with Crippen LogP contribution in [0, 0.1) is 0 Å². The van der Waals surface area contributed by atoms with E-state index in [2.05, 4.69) is 5.32 Å². The number of amides is 1. The standard InChI is InChI=1S/C13H17F3N2O/c14-13(15,16)8-3-9-18-12(19)7-6-10-4-1-2-5-11(10)17/h1-2,4-5H,3,6-9,17H2,(H,18,19). The minimum Gasteiger partial charge on any atom is -0.399 e. The molecule has 0 saturated carbocycles. The molecular weight excluding hydrogens is 257 g/mol. The van der Waals surface area contributed by atoms with Crippen molar-refractivity contribution in [3.63, 3.8) is 0 Å². The predicted octanol–water partition coefficient (Wildman–Crippen LogP) is 2.66. The maximum absolute atomic E-state index is 11.9. The summed E-state index contributed by atoms with van der Waals surface area (Å²) < 4.78 is 35.6. The lowest BCUT2D eigenvalue weighted by Gasteiger charge is -2.08. The van der Waals surface area contributed by atoms with E-state index in [1.165, 1.54) is 0 Å². The van der Waals surface area contributed by atoms with Gasteiger partial charge in [0.15, 0.2) is 0 Å². The highest BCUT2D eigenvalue weighted by atomic mass is 19.4. The van der Waals surface area contributed by atoms with Crippen molar-refractivity contribution < 1.29 is 18.0 Å². The molecule has 0 saturated heterocycles. The fourth-order valence-corrected chi connectivity index (χ4v) is 1.62. The molecule has 0 unspecified atom stereocenters. The van der Waals surface area contributed by atoms with Crippen LogP contribution in [0.5, 0.6) is 0 Å². The number of nitrogen functional groups attached to an aromatic ring is 1. The van der Waals surface area contributed by atoms with Crippen LogP contribution in [0.15, 0.2) is 24.3 Å². The third kappa shape index (κ3) is 6.69. The number of para-hydroxylation sites is 1. The molecule has 6 heteroatoms. The monoisotopic (exact) mass is 274 g/mol. The molecule has 1 rings (SSSR count). The summed E-state index contributed by atoms with van der Waals surface area (Å²) in [4.78, 5) is 11.4. The van der Waals surface area contributed by atoms with E-state index in [1.54, 1.807) is 12.1 Å². The van der Waals surface area contributed by atoms with Crippen LogP contribution in [-0.2, 0) is 11.2 Å². The minimum absolute atomic E-state index is 0.0443. The number of aryl methyl sites for hydroxylation is 1. The fourth-order valence-electron chi connectivity index (χ4n) is 1.62. The molecule has 0 aliphatic carbocycles. The van der Waals surface area contributed by atoms with Gasteiger partial charge < -0.3 is 11.1 Å². The number of halogens is 3. The molecule has 0 fully saturated rings. The lowest BCUT2D eigenvalue weighted by Crippen LogP contribution is -2.25. The molecule has 106 valence electrons. The lowest BCUT2D eigenvalue weighted by atomic mass is 10.1. The Labute approximate surface area is 110 Å². The van der Waals surface area contributed by atoms with Gasteiger partial charge in [-0.3, -0.25) is 4.79 Å². The quantitative estimate of drug-likeness (QED) is 0.619. The first kappa shape index (κ1) is 15.3. The third-order valence-electron chi connectivity index (χ3n) is 2.64. The zero-order valence-corrected chi connectivity index (χ0v) is 10.5. The van der Waals surface area contributed by atoms with Gasteiger partial charge >= 0.3 is 6.18 Å². The van der Waals surface area contributed by atoms with Gasteiger partial charge in [0.2, 0.25) is 5.91 Å². The number of hydrogen-bond donors (Lipinski definition) is 2. The maximum Gasteiger partial charge on any atom is 0.389 e. The summed E-state index contributed by atoms with van der Waals surface area (Å²) in [6.45, 7) is 0.0443. The van der Waals surface area contributed by atoms with E-state index >= 15 is 0 Å². The Bertz CT molecular complexity index is 419. The van der Waals surface area contributed by atoms with E-state index in [-0.39, 0.29) is 25.3 Å². The highest BCUT2D eigenvalue weighted by Gasteiger charge is 2.25. The number of benzene rings is 1. The summed E-state index contributed by atoms with van der Waals surface area (Å²) in [5.74, 6) is -0.259. The van der Waals surface area contributed by atoms with Crippen LogP contribution in [0.25, 0.3) is 0 Å². The molecule has 3 nitrogen and oxygen atoms in total. The zero-order valence-electron chi connectivity index (χ0n) is 10.5. The van der Waals surface area contributed by atoms with Crippen molar-refractivity contribution in [3.05, 3.63) is 29.8 Å². The van der Waals surface area contributed by atoms with E-state index in [4.69, 9.17) is 5.73 Å². The highest BCUT2D eigenvalue weighted by Crippen LogP contribution is 2.20. The Balaban J connectivity index is 2.20. The van der Waals surface area contributed by atoms with E-state index in [9.17, 15) is 18.0 Å². The Morgan fingerprint density at radius 2 is 1.95 bits per heavy atom. The first-order valence-electron chi connectivity index (χ1n) is 6.05. The summed E-state index contributed by atoms with van der Waals surface area (Å²) >= 11 is 0. The van der Waals surface area contributed by atoms with Crippen LogP contribution in [0.3, 0.4) is 0 Å². The number of nitrogens with one attached hydrogen (secondary N) is 1. The summed E-state index contributed by atoms with van der Waals surface area (Å²) in [7, 11) is 0. The largest absolute Gasteiger partial charge is 0.399 e. The van der Waals surface area contributed by atoms with Gasteiger partial charge in [-0.2, -0.15) is 13.2 Å². The lowest BCUT2D eigenvalue weighted by molar-refractivity contribution is -0.136. The van der Waals surface area contributed by atoms with E-state index in [0.717, 1.165) is 5.56 Å². The van der Waals surface area contributed by atoms with Gasteiger partial charge in [0.05, 0.1) is 0 Å². The fraction of sp³-hybridized carbons (Fsp3) is 0.462. The van der Waals surface area contributed by atoms with Crippen LogP contribution < -0.4 is 11.1 Å². The van der Waals surface area contributed by atoms with Crippen LogP contribution in [0.1, 0.15) is 24.8 Å². The molecule has 0 radical (unpaired) electrons. The number of nitrogens with two attached hydrogens (primary N) is 1. The van der Waals surface area contributed by atoms with Crippen molar-refractivity contribution in [3.8, 4) is 0 Å². The summed E-state index contributed by atoms with van der Waals surface area (Å²) in [5, 5.41) is 2.47. The van der Waals surface area contributed by atoms with Crippen molar-refractivity contribution in [2.75, 3.05) is 12.3 Å². The molecule has 1 aromatic rings. The second-order valence-electron chi connectivity index (χ2n) is 4.27. The average Bonchev–Trinajstić information content (AvgIpc) is 2.32. The number of alkyl halides is 3. The van der Waals surface area contributed by atoms with Crippen molar-refractivity contribution in [2.45, 2.75) is 31.9 Å². The molecular formula is C13H17F3N2O. The Kier molecular flexibility index (Phi) is 5.66. The van der Waals surface area contributed by atoms with Gasteiger partial charge in [-0.1, -0.05) is 18.2 Å². The number of anilines is 1. The van der Waals surface area contributed by atoms with Crippen molar-refractivity contribution >= 4 is 11.6 Å². The second-order valence-corrected chi connectivity index (χ2v) is 4.27. The van der Waals surface area contributed by atoms with Gasteiger partial charge in [-0.15, -0.1) is 0 Å². The Morgan fingerprint density at radius 3 is 2.58 bits per heavy atom. The predicted molar refractivity (Wildman–Crippen MR) is 67.5 cm³/mol. The van der Waals surface area contributed by atoms with Gasteiger partial charge in [-0.05, 0) is 24.5 Å². The SMILES string of the molecule is Nc1ccccc1CCC(=O)NCCCC(F)(F)F. The highest BCUT2D eigenvalue weighted by molar-refractivity contribution is 5.76. The van der Waals surface area contributed by atoms with E-state index in [0.29, 0.717) is 12.1 Å². The van der Waals surface area contributed by atoms with Crippen LogP contribution in [0.2, 0.25) is 0 Å². The number of rotatable bonds is 6. The summed E-state index contributed by atoms with van der Waals surface area (Å²) in [5.41, 5.74) is 7.21. The van der Waals surface area contributed by atoms with Gasteiger partial charge in [-0.25, -0.2) is 0 Å². The number of hydrogen-bond acceptors (Lipinski definition) is 2. The Hall–Kier alpha value is -1.72. The van der Waals surface area contributed by atoms with Crippen LogP contribution in [-0.4, -0.2) is 18.6 Å². The average molecular weight is 274 g/mol. The Morgan fingerprint density at radius 1 is 1.26 bits per heavy atom. The molecule has 0 bridgehead atoms. The molecule has 0 heterocycles. The minimum atomic E-state index is -4.16. The molecule has 1 aromatic carbocycles. The number of carbonyl (C=O) groups is 1. The van der Waals surface area contributed by atoms with Crippen LogP contribution in [0.4, 0.5) is 18.9 Å². The molecule has 0 aromatic heterocycles. The van der Waals surface area contributed by atoms with Crippen molar-refractivity contribution in [1.29, 1.82) is 0 Å². The molecule has 3 N–H and O–H groups in total. The van der Waals surface area contributed by atoms with E-state index in [1.807, 2.05) is 12.1 Å². The van der Waals surface area contributed by atoms with E-state index < -0.39 is 12.6 Å². The molecule has 1 amide bonds. The first-order valence-corrected chi connectivity index (χ1v) is 6.05. The summed E-state index contributed by atoms with van der Waals surface area (Å²) in [6.07, 6.45) is -4.43. The molecule has 19 heavy (non-hydrogen) atoms. The van der Waals surface area contributed by atoms with Gasteiger partial charge in [0.1, 0.15) is 0 Å². The third-order valence-corrected chi connectivity index (χ3v) is 2.64. The van der Waals surface area contributed by atoms with Gasteiger partial charge in [0.25, 0.3) is 0 Å². The first-order chi connectivity index (χ1) is 8.88. The van der Waals surface area contributed by atoms with Crippen molar-refractivity contribution in [1.82, 2.24) is 5.32 Å². The van der Waals surface area contributed by atoms with Crippen LogP contribution >= 0.6 is 0 Å². The molecule has 0 spiro atoms. The van der Waals surface area contributed by atoms with Gasteiger partial charge in [0, 0.05) is 25.1 Å². The molecule has 0 aliphatic heterocycles. The molecule has 0 atom stereocenters. The zero-order chi connectivity index (χ0) is 14.3. The second kappa shape index (κ2) is 7.01. The van der Waals surface area contributed by atoms with Crippen molar-refractivity contribution in [2.24, 2.45) is 0 Å². The smallest absolute Gasteiger partial charge is 0.389 e. The number of carbonyl (C=O) groups excluding carboxylic acids is 1. The topological polar surface area (TPSA) is 55.1 Å². The summed E-state index contributed by atoms with van der Waals surface area (Å²) in [6, 6.07) is 7.20. The normalized spacial score (nSPS) is 11.3. The molecule has 0 aliphatic rings.